The maximum atomic E-state index is 12.8. The highest BCUT2D eigenvalue weighted by molar-refractivity contribution is 6.31. The lowest BCUT2D eigenvalue weighted by molar-refractivity contribution is -0.137. The Morgan fingerprint density at radius 3 is 2.43 bits per heavy atom. The summed E-state index contributed by atoms with van der Waals surface area (Å²) in [6.45, 7) is 4.36. The van der Waals surface area contributed by atoms with Crippen molar-refractivity contribution in [1.82, 2.24) is 4.57 Å². The van der Waals surface area contributed by atoms with Gasteiger partial charge in [-0.15, -0.1) is 0 Å². The zero-order chi connectivity index (χ0) is 22.3. The molecule has 3 rings (SSSR count). The van der Waals surface area contributed by atoms with E-state index in [0.29, 0.717) is 30.9 Å². The Bertz CT molecular complexity index is 1030. The van der Waals surface area contributed by atoms with Crippen molar-refractivity contribution in [3.8, 4) is 5.75 Å². The molecule has 0 bridgehead atoms. The van der Waals surface area contributed by atoms with E-state index >= 15 is 0 Å². The first-order valence-corrected chi connectivity index (χ1v) is 9.21. The van der Waals surface area contributed by atoms with Gasteiger partial charge in [0.2, 0.25) is 0 Å². The summed E-state index contributed by atoms with van der Waals surface area (Å²) in [6.07, 6.45) is -2.66. The smallest absolute Gasteiger partial charge is 0.417 e. The van der Waals surface area contributed by atoms with E-state index in [1.54, 1.807) is 25.1 Å². The highest BCUT2D eigenvalue weighted by atomic mass is 35.5. The van der Waals surface area contributed by atoms with Crippen LogP contribution in [0.15, 0.2) is 48.7 Å². The van der Waals surface area contributed by atoms with Crippen molar-refractivity contribution >= 4 is 34.9 Å². The molecule has 0 aliphatic heterocycles. The van der Waals surface area contributed by atoms with Gasteiger partial charge in [0.25, 0.3) is 6.47 Å². The molecule has 0 fully saturated rings. The number of hydrogen-bond acceptors (Lipinski definition) is 4. The zero-order valence-electron chi connectivity index (χ0n) is 16.2. The molecule has 0 aliphatic carbocycles. The van der Waals surface area contributed by atoms with E-state index in [1.807, 2.05) is 16.8 Å². The van der Waals surface area contributed by atoms with Gasteiger partial charge < -0.3 is 14.0 Å². The quantitative estimate of drug-likeness (QED) is 0.299. The van der Waals surface area contributed by atoms with Crippen LogP contribution in [0.3, 0.4) is 0 Å². The molecule has 3 aromatic rings. The number of carbonyl (C=O) groups excluding carboxylic acids is 2. The minimum atomic E-state index is -4.47. The molecule has 160 valence electrons. The van der Waals surface area contributed by atoms with Crippen LogP contribution in [-0.2, 0) is 27.0 Å². The van der Waals surface area contributed by atoms with E-state index in [2.05, 4.69) is 4.74 Å². The van der Waals surface area contributed by atoms with E-state index < -0.39 is 17.7 Å². The number of nitrogens with zero attached hydrogens (tertiary/aromatic N) is 1. The number of ether oxygens (including phenoxy) is 2. The maximum absolute atomic E-state index is 12.8. The summed E-state index contributed by atoms with van der Waals surface area (Å²) in [4.78, 5) is 20.2. The molecule has 9 heteroatoms. The first-order chi connectivity index (χ1) is 14.2. The molecule has 0 amide bonds. The average Bonchev–Trinajstić information content (AvgIpc) is 3.03. The van der Waals surface area contributed by atoms with Crippen LogP contribution < -0.4 is 4.74 Å². The number of alkyl halides is 3. The van der Waals surface area contributed by atoms with Crippen LogP contribution in [0, 0.1) is 0 Å². The summed E-state index contributed by atoms with van der Waals surface area (Å²) in [6, 6.07) is 10.7. The second kappa shape index (κ2) is 10.2. The first-order valence-electron chi connectivity index (χ1n) is 8.84. The average molecular weight is 442 g/mol. The number of esters is 1. The summed E-state index contributed by atoms with van der Waals surface area (Å²) < 4.78 is 49.4. The molecule has 0 spiro atoms. The summed E-state index contributed by atoms with van der Waals surface area (Å²) in [7, 11) is 0. The normalized spacial score (nSPS) is 10.9. The van der Waals surface area contributed by atoms with Crippen molar-refractivity contribution in [3.05, 3.63) is 64.8 Å². The second-order valence-corrected chi connectivity index (χ2v) is 6.53. The topological polar surface area (TPSA) is 57.5 Å². The summed E-state index contributed by atoms with van der Waals surface area (Å²) in [5.41, 5.74) is 0.674. The number of rotatable bonds is 5. The molecule has 0 unspecified atom stereocenters. The molecule has 0 aliphatic rings. The number of fused-ring (bicyclic) bond motifs is 1. The monoisotopic (exact) mass is 441 g/mol. The van der Waals surface area contributed by atoms with Crippen LogP contribution in [0.2, 0.25) is 5.02 Å². The number of aromatic nitrogens is 1. The predicted octanol–water partition coefficient (Wildman–Crippen LogP) is 5.47. The lowest BCUT2D eigenvalue weighted by Gasteiger charge is -2.11. The van der Waals surface area contributed by atoms with Crippen LogP contribution in [-0.4, -0.2) is 23.6 Å². The van der Waals surface area contributed by atoms with E-state index in [9.17, 15) is 22.8 Å². The lowest BCUT2D eigenvalue weighted by atomic mass is 10.1. The minimum Gasteiger partial charge on any atom is -0.468 e. The molecular weight excluding hydrogens is 423 g/mol. The molecule has 0 saturated heterocycles. The summed E-state index contributed by atoms with van der Waals surface area (Å²) in [5, 5.41) is 0.537. The standard InChI is InChI=1S/C18H13ClF3NO2.C3H6O2/c1-11(24)25-14-3-5-17-13(9-14)6-7-23(17)10-12-2-4-15(16(19)8-12)18(20,21)22;1-2-5-3-4/h2-9H,10H2,1H3;3H,2H2,1H3. The highest BCUT2D eigenvalue weighted by Gasteiger charge is 2.32. The van der Waals surface area contributed by atoms with Crippen molar-refractivity contribution in [1.29, 1.82) is 0 Å². The molecule has 0 saturated carbocycles. The van der Waals surface area contributed by atoms with Gasteiger partial charge in [-0.25, -0.2) is 0 Å². The van der Waals surface area contributed by atoms with Gasteiger partial charge in [-0.05, 0) is 48.9 Å². The third-order valence-corrected chi connectivity index (χ3v) is 4.24. The summed E-state index contributed by atoms with van der Waals surface area (Å²) in [5.74, 6) is 0.0357. The van der Waals surface area contributed by atoms with Gasteiger partial charge in [0.1, 0.15) is 5.75 Å². The van der Waals surface area contributed by atoms with Gasteiger partial charge in [-0.3, -0.25) is 9.59 Å². The van der Waals surface area contributed by atoms with Crippen molar-refractivity contribution in [2.45, 2.75) is 26.6 Å². The van der Waals surface area contributed by atoms with Gasteiger partial charge in [0, 0.05) is 30.6 Å². The molecule has 0 radical (unpaired) electrons. The van der Waals surface area contributed by atoms with E-state index in [4.69, 9.17) is 16.3 Å². The van der Waals surface area contributed by atoms with Gasteiger partial charge in [-0.2, -0.15) is 13.2 Å². The van der Waals surface area contributed by atoms with Gasteiger partial charge in [0.15, 0.2) is 0 Å². The van der Waals surface area contributed by atoms with Crippen molar-refractivity contribution < 1.29 is 32.2 Å². The Morgan fingerprint density at radius 2 is 1.90 bits per heavy atom. The molecular formula is C21H19ClF3NO4. The molecule has 0 N–H and O–H groups in total. The van der Waals surface area contributed by atoms with Crippen LogP contribution in [0.25, 0.3) is 10.9 Å². The number of halogens is 4. The number of benzene rings is 2. The first kappa shape index (κ1) is 23.3. The second-order valence-electron chi connectivity index (χ2n) is 6.12. The third kappa shape index (κ3) is 6.25. The number of hydrogen-bond donors (Lipinski definition) is 0. The molecule has 1 heterocycles. The molecule has 30 heavy (non-hydrogen) atoms. The van der Waals surface area contributed by atoms with Gasteiger partial charge >= 0.3 is 12.1 Å². The van der Waals surface area contributed by atoms with Crippen LogP contribution in [0.4, 0.5) is 13.2 Å². The Morgan fingerprint density at radius 1 is 1.17 bits per heavy atom. The highest BCUT2D eigenvalue weighted by Crippen LogP contribution is 2.35. The molecule has 5 nitrogen and oxygen atoms in total. The Kier molecular flexibility index (Phi) is 7.88. The fourth-order valence-electron chi connectivity index (χ4n) is 2.70. The van der Waals surface area contributed by atoms with Gasteiger partial charge in [0.05, 0.1) is 17.2 Å². The van der Waals surface area contributed by atoms with Crippen molar-refractivity contribution in [2.24, 2.45) is 0 Å². The van der Waals surface area contributed by atoms with Crippen molar-refractivity contribution in [3.63, 3.8) is 0 Å². The van der Waals surface area contributed by atoms with Crippen molar-refractivity contribution in [2.75, 3.05) is 6.61 Å². The molecule has 0 atom stereocenters. The van der Waals surface area contributed by atoms with E-state index in [1.165, 1.54) is 19.1 Å². The van der Waals surface area contributed by atoms with Crippen LogP contribution >= 0.6 is 11.6 Å². The van der Waals surface area contributed by atoms with Gasteiger partial charge in [-0.1, -0.05) is 17.7 Å². The Balaban J connectivity index is 0.000000575. The molecule has 2 aromatic carbocycles. The van der Waals surface area contributed by atoms with E-state index in [0.717, 1.165) is 17.0 Å². The third-order valence-electron chi connectivity index (χ3n) is 3.93. The lowest BCUT2D eigenvalue weighted by Crippen LogP contribution is -2.07. The van der Waals surface area contributed by atoms with Crippen LogP contribution in [0.1, 0.15) is 25.0 Å². The maximum Gasteiger partial charge on any atom is 0.417 e. The largest absolute Gasteiger partial charge is 0.468 e. The zero-order valence-corrected chi connectivity index (χ0v) is 17.0. The number of carbonyl (C=O) groups is 2. The summed E-state index contributed by atoms with van der Waals surface area (Å²) >= 11 is 5.76. The Hall–Kier alpha value is -3.00. The van der Waals surface area contributed by atoms with Crippen LogP contribution in [0.5, 0.6) is 5.75 Å². The SMILES string of the molecule is CC(=O)Oc1ccc2c(ccn2Cc2ccc(C(F)(F)F)c(Cl)c2)c1.CCOC=O. The predicted molar refractivity (Wildman–Crippen MR) is 106 cm³/mol. The fraction of sp³-hybridized carbons (Fsp3) is 0.238. The Labute approximate surface area is 175 Å². The molecule has 1 aromatic heterocycles. The fourth-order valence-corrected chi connectivity index (χ4v) is 3.01. The van der Waals surface area contributed by atoms with E-state index in [-0.39, 0.29) is 5.02 Å². The minimum absolute atomic E-state index is 0.321.